The highest BCUT2D eigenvalue weighted by Gasteiger charge is 2.25. The fourth-order valence-electron chi connectivity index (χ4n) is 1.59. The number of hydrogen-bond donors (Lipinski definition) is 2. The van der Waals surface area contributed by atoms with Gasteiger partial charge in [0.25, 0.3) is 5.91 Å². The second-order valence-corrected chi connectivity index (χ2v) is 4.36. The van der Waals surface area contributed by atoms with E-state index in [1.807, 2.05) is 0 Å². The molecular formula is C12H17NO4. The monoisotopic (exact) mass is 239 g/mol. The molecule has 0 fully saturated rings. The summed E-state index contributed by atoms with van der Waals surface area (Å²) in [6.07, 6.45) is 0. The van der Waals surface area contributed by atoms with Crippen LogP contribution >= 0.6 is 0 Å². The van der Waals surface area contributed by atoms with E-state index in [1.165, 1.54) is 0 Å². The highest BCUT2D eigenvalue weighted by molar-refractivity contribution is 5.97. The predicted molar refractivity (Wildman–Crippen MR) is 61.9 cm³/mol. The van der Waals surface area contributed by atoms with Crippen molar-refractivity contribution in [3.63, 3.8) is 0 Å². The Morgan fingerprint density at radius 3 is 2.29 bits per heavy atom. The average Bonchev–Trinajstić information content (AvgIpc) is 2.53. The van der Waals surface area contributed by atoms with Gasteiger partial charge in [0, 0.05) is 0 Å². The third-order valence-electron chi connectivity index (χ3n) is 2.50. The minimum absolute atomic E-state index is 0.176. The molecule has 5 heteroatoms. The van der Waals surface area contributed by atoms with Crippen LogP contribution in [0.1, 0.15) is 35.7 Å². The van der Waals surface area contributed by atoms with E-state index in [0.29, 0.717) is 17.1 Å². The molecule has 0 aliphatic rings. The van der Waals surface area contributed by atoms with Gasteiger partial charge >= 0.3 is 5.97 Å². The van der Waals surface area contributed by atoms with Crippen LogP contribution in [-0.2, 0) is 4.79 Å². The molecular weight excluding hydrogens is 222 g/mol. The number of amides is 1. The van der Waals surface area contributed by atoms with Crippen LogP contribution in [0.15, 0.2) is 10.5 Å². The van der Waals surface area contributed by atoms with Crippen molar-refractivity contribution >= 4 is 11.9 Å². The lowest BCUT2D eigenvalue weighted by Crippen LogP contribution is -2.44. The van der Waals surface area contributed by atoms with Gasteiger partial charge < -0.3 is 14.8 Å². The molecule has 17 heavy (non-hydrogen) atoms. The minimum Gasteiger partial charge on any atom is -0.480 e. The van der Waals surface area contributed by atoms with Crippen LogP contribution in [0.5, 0.6) is 0 Å². The zero-order valence-electron chi connectivity index (χ0n) is 10.4. The second-order valence-electron chi connectivity index (χ2n) is 4.36. The highest BCUT2D eigenvalue weighted by Crippen LogP contribution is 2.14. The number of aryl methyl sites for hydroxylation is 2. The Bertz CT molecular complexity index is 434. The number of rotatable bonds is 4. The van der Waals surface area contributed by atoms with Gasteiger partial charge in [-0.05, 0) is 25.8 Å². The molecule has 0 bridgehead atoms. The number of furan rings is 1. The van der Waals surface area contributed by atoms with Gasteiger partial charge in [0.1, 0.15) is 17.6 Å². The molecule has 5 nitrogen and oxygen atoms in total. The molecule has 94 valence electrons. The summed E-state index contributed by atoms with van der Waals surface area (Å²) >= 11 is 0. The molecule has 0 unspecified atom stereocenters. The van der Waals surface area contributed by atoms with Crippen molar-refractivity contribution in [1.82, 2.24) is 5.32 Å². The molecule has 1 aromatic rings. The molecule has 0 saturated heterocycles. The van der Waals surface area contributed by atoms with Crippen LogP contribution in [0.25, 0.3) is 0 Å². The van der Waals surface area contributed by atoms with E-state index in [2.05, 4.69) is 5.32 Å². The first-order valence-corrected chi connectivity index (χ1v) is 5.43. The Balaban J connectivity index is 2.85. The first kappa shape index (κ1) is 13.3. The summed E-state index contributed by atoms with van der Waals surface area (Å²) in [6.45, 7) is 6.90. The maximum atomic E-state index is 11.9. The van der Waals surface area contributed by atoms with E-state index in [0.717, 1.165) is 0 Å². The van der Waals surface area contributed by atoms with Crippen molar-refractivity contribution in [3.8, 4) is 0 Å². The number of aliphatic carboxylic acids is 1. The Labute approximate surface area is 99.8 Å². The van der Waals surface area contributed by atoms with Crippen molar-refractivity contribution in [3.05, 3.63) is 23.2 Å². The van der Waals surface area contributed by atoms with Gasteiger partial charge in [0.15, 0.2) is 0 Å². The molecule has 1 aromatic heterocycles. The van der Waals surface area contributed by atoms with Crippen molar-refractivity contribution < 1.29 is 19.1 Å². The average molecular weight is 239 g/mol. The van der Waals surface area contributed by atoms with Gasteiger partial charge in [-0.25, -0.2) is 4.79 Å². The van der Waals surface area contributed by atoms with Crippen molar-refractivity contribution in [1.29, 1.82) is 0 Å². The lowest BCUT2D eigenvalue weighted by Gasteiger charge is -2.17. The summed E-state index contributed by atoms with van der Waals surface area (Å²) in [5.74, 6) is -0.506. The number of carboxylic acid groups (broad SMARTS) is 1. The van der Waals surface area contributed by atoms with Crippen molar-refractivity contribution in [2.75, 3.05) is 0 Å². The maximum Gasteiger partial charge on any atom is 0.326 e. The molecule has 0 saturated carbocycles. The molecule has 1 rings (SSSR count). The number of hydrogen-bond acceptors (Lipinski definition) is 3. The largest absolute Gasteiger partial charge is 0.480 e. The normalized spacial score (nSPS) is 12.5. The Kier molecular flexibility index (Phi) is 3.93. The molecule has 1 amide bonds. The Morgan fingerprint density at radius 2 is 1.94 bits per heavy atom. The summed E-state index contributed by atoms with van der Waals surface area (Å²) in [6, 6.07) is 0.710. The Hall–Kier alpha value is -1.78. The number of nitrogens with one attached hydrogen (secondary N) is 1. The van der Waals surface area contributed by atoms with Crippen LogP contribution in [0.4, 0.5) is 0 Å². The van der Waals surface area contributed by atoms with Crippen LogP contribution in [0.2, 0.25) is 0 Å². The van der Waals surface area contributed by atoms with E-state index >= 15 is 0 Å². The zero-order chi connectivity index (χ0) is 13.2. The summed E-state index contributed by atoms with van der Waals surface area (Å²) in [5, 5.41) is 11.5. The summed E-state index contributed by atoms with van der Waals surface area (Å²) in [5.41, 5.74) is 0.384. The summed E-state index contributed by atoms with van der Waals surface area (Å²) < 4.78 is 5.23. The first-order chi connectivity index (χ1) is 7.82. The van der Waals surface area contributed by atoms with E-state index in [9.17, 15) is 9.59 Å². The molecule has 1 heterocycles. The molecule has 1 atom stereocenters. The molecule has 0 aliphatic heterocycles. The van der Waals surface area contributed by atoms with Crippen LogP contribution < -0.4 is 5.32 Å². The smallest absolute Gasteiger partial charge is 0.326 e. The van der Waals surface area contributed by atoms with Crippen molar-refractivity contribution in [2.45, 2.75) is 33.7 Å². The third-order valence-corrected chi connectivity index (χ3v) is 2.50. The van der Waals surface area contributed by atoms with E-state index < -0.39 is 17.9 Å². The van der Waals surface area contributed by atoms with Crippen LogP contribution in [-0.4, -0.2) is 23.0 Å². The maximum absolute atomic E-state index is 11.9. The van der Waals surface area contributed by atoms with E-state index in [4.69, 9.17) is 9.52 Å². The van der Waals surface area contributed by atoms with E-state index in [-0.39, 0.29) is 5.92 Å². The van der Waals surface area contributed by atoms with E-state index in [1.54, 1.807) is 33.8 Å². The van der Waals surface area contributed by atoms with Gasteiger partial charge in [0.2, 0.25) is 0 Å². The SMILES string of the molecule is Cc1cc(C(=O)N[C@H](C(=O)O)C(C)C)c(C)o1. The fraction of sp³-hybridized carbons (Fsp3) is 0.500. The third kappa shape index (κ3) is 3.09. The van der Waals surface area contributed by atoms with Gasteiger partial charge in [0.05, 0.1) is 5.56 Å². The van der Waals surface area contributed by atoms with Crippen LogP contribution in [0, 0.1) is 19.8 Å². The number of carbonyl (C=O) groups excluding carboxylic acids is 1. The lowest BCUT2D eigenvalue weighted by atomic mass is 10.0. The predicted octanol–water partition coefficient (Wildman–Crippen LogP) is 1.74. The topological polar surface area (TPSA) is 79.5 Å². The zero-order valence-corrected chi connectivity index (χ0v) is 10.4. The van der Waals surface area contributed by atoms with Crippen LogP contribution in [0.3, 0.4) is 0 Å². The fourth-order valence-corrected chi connectivity index (χ4v) is 1.59. The lowest BCUT2D eigenvalue weighted by molar-refractivity contribution is -0.140. The van der Waals surface area contributed by atoms with Gasteiger partial charge in [-0.1, -0.05) is 13.8 Å². The molecule has 0 radical (unpaired) electrons. The summed E-state index contributed by atoms with van der Waals surface area (Å²) in [7, 11) is 0. The quantitative estimate of drug-likeness (QED) is 0.838. The standard InChI is InChI=1S/C12H17NO4/c1-6(2)10(12(15)16)13-11(14)9-5-7(3)17-8(9)4/h5-6,10H,1-4H3,(H,13,14)(H,15,16)/t10-/m0/s1. The van der Waals surface area contributed by atoms with Gasteiger partial charge in [-0.15, -0.1) is 0 Å². The highest BCUT2D eigenvalue weighted by atomic mass is 16.4. The number of carbonyl (C=O) groups is 2. The number of carboxylic acids is 1. The molecule has 0 spiro atoms. The molecule has 0 aromatic carbocycles. The molecule has 2 N–H and O–H groups in total. The first-order valence-electron chi connectivity index (χ1n) is 5.43. The molecule has 0 aliphatic carbocycles. The Morgan fingerprint density at radius 1 is 1.35 bits per heavy atom. The van der Waals surface area contributed by atoms with Gasteiger partial charge in [-0.2, -0.15) is 0 Å². The minimum atomic E-state index is -1.04. The second kappa shape index (κ2) is 5.03. The van der Waals surface area contributed by atoms with Crippen molar-refractivity contribution in [2.24, 2.45) is 5.92 Å². The van der Waals surface area contributed by atoms with Gasteiger partial charge in [-0.3, -0.25) is 4.79 Å². The summed E-state index contributed by atoms with van der Waals surface area (Å²) in [4.78, 5) is 22.8.